The van der Waals surface area contributed by atoms with Gasteiger partial charge < -0.3 is 14.6 Å². The van der Waals surface area contributed by atoms with E-state index in [-0.39, 0.29) is 5.75 Å². The van der Waals surface area contributed by atoms with Gasteiger partial charge in [0.1, 0.15) is 17.2 Å². The molecule has 0 atom stereocenters. The average molecular weight is 244 g/mol. The van der Waals surface area contributed by atoms with Gasteiger partial charge in [0.05, 0.1) is 12.7 Å². The minimum atomic E-state index is -0.518. The highest BCUT2D eigenvalue weighted by Gasteiger charge is 2.08. The van der Waals surface area contributed by atoms with Crippen LogP contribution in [0.4, 0.5) is 0 Å². The Bertz CT molecular complexity index is 546. The first kappa shape index (κ1) is 12.0. The molecule has 4 nitrogen and oxygen atoms in total. The molecule has 0 bridgehead atoms. The van der Waals surface area contributed by atoms with Crippen LogP contribution >= 0.6 is 0 Å². The van der Waals surface area contributed by atoms with Gasteiger partial charge in [-0.15, -0.1) is 0 Å². The van der Waals surface area contributed by atoms with Gasteiger partial charge in [0.2, 0.25) is 0 Å². The number of carbonyl (C=O) groups is 1. The smallest absolute Gasteiger partial charge is 0.343 e. The van der Waals surface area contributed by atoms with E-state index in [0.717, 1.165) is 0 Å². The predicted octanol–water partition coefficient (Wildman–Crippen LogP) is 2.62. The standard InChI is InChI=1S/C14H12O4/c1-17-12-5-7-13(8-6-12)18-14(16)10-3-2-4-11(15)9-10/h2-9,15H,1H3. The van der Waals surface area contributed by atoms with Gasteiger partial charge in [-0.05, 0) is 42.5 Å². The van der Waals surface area contributed by atoms with Gasteiger partial charge in [-0.2, -0.15) is 0 Å². The van der Waals surface area contributed by atoms with E-state index in [9.17, 15) is 9.90 Å². The lowest BCUT2D eigenvalue weighted by Gasteiger charge is -2.05. The van der Waals surface area contributed by atoms with Crippen LogP contribution in [-0.2, 0) is 0 Å². The molecule has 0 aliphatic carbocycles. The Balaban J connectivity index is 2.11. The zero-order valence-corrected chi connectivity index (χ0v) is 9.79. The van der Waals surface area contributed by atoms with Crippen LogP contribution in [0.15, 0.2) is 48.5 Å². The molecule has 2 rings (SSSR count). The fourth-order valence-electron chi connectivity index (χ4n) is 1.44. The van der Waals surface area contributed by atoms with E-state index in [1.807, 2.05) is 0 Å². The van der Waals surface area contributed by atoms with Gasteiger partial charge in [0.15, 0.2) is 0 Å². The van der Waals surface area contributed by atoms with Crippen molar-refractivity contribution in [2.24, 2.45) is 0 Å². The lowest BCUT2D eigenvalue weighted by Crippen LogP contribution is -2.08. The minimum absolute atomic E-state index is 0.0270. The van der Waals surface area contributed by atoms with Crippen molar-refractivity contribution in [2.75, 3.05) is 7.11 Å². The number of phenols is 1. The molecule has 4 heteroatoms. The van der Waals surface area contributed by atoms with Gasteiger partial charge in [-0.1, -0.05) is 6.07 Å². The molecular formula is C14H12O4. The van der Waals surface area contributed by atoms with Gasteiger partial charge in [-0.25, -0.2) is 4.79 Å². The Morgan fingerprint density at radius 3 is 2.33 bits per heavy atom. The number of methoxy groups -OCH3 is 1. The summed E-state index contributed by atoms with van der Waals surface area (Å²) < 4.78 is 10.2. The Labute approximate surface area is 104 Å². The summed E-state index contributed by atoms with van der Waals surface area (Å²) in [5, 5.41) is 9.27. The van der Waals surface area contributed by atoms with E-state index in [0.29, 0.717) is 17.1 Å². The SMILES string of the molecule is COc1ccc(OC(=O)c2cccc(O)c2)cc1. The number of ether oxygens (including phenoxy) is 2. The van der Waals surface area contributed by atoms with Gasteiger partial charge in [-0.3, -0.25) is 0 Å². The van der Waals surface area contributed by atoms with Crippen molar-refractivity contribution in [3.63, 3.8) is 0 Å². The van der Waals surface area contributed by atoms with E-state index in [4.69, 9.17) is 9.47 Å². The summed E-state index contributed by atoms with van der Waals surface area (Å²) in [4.78, 5) is 11.8. The third kappa shape index (κ3) is 2.79. The maximum absolute atomic E-state index is 11.8. The lowest BCUT2D eigenvalue weighted by molar-refractivity contribution is 0.0734. The molecule has 18 heavy (non-hydrogen) atoms. The highest BCUT2D eigenvalue weighted by atomic mass is 16.5. The maximum Gasteiger partial charge on any atom is 0.343 e. The summed E-state index contributed by atoms with van der Waals surface area (Å²) in [5.74, 6) is 0.617. The first-order valence-corrected chi connectivity index (χ1v) is 5.34. The molecule has 0 saturated heterocycles. The van der Waals surface area contributed by atoms with E-state index in [1.54, 1.807) is 43.5 Å². The number of hydrogen-bond acceptors (Lipinski definition) is 4. The summed E-state index contributed by atoms with van der Waals surface area (Å²) in [6, 6.07) is 12.7. The van der Waals surface area contributed by atoms with Crippen molar-refractivity contribution in [1.82, 2.24) is 0 Å². The molecule has 1 N–H and O–H groups in total. The third-order valence-corrected chi connectivity index (χ3v) is 2.35. The molecule has 0 spiro atoms. The predicted molar refractivity (Wildman–Crippen MR) is 66.1 cm³/mol. The maximum atomic E-state index is 11.8. The molecule has 0 aliphatic heterocycles. The molecule has 0 unspecified atom stereocenters. The molecule has 0 aromatic heterocycles. The fourth-order valence-corrected chi connectivity index (χ4v) is 1.44. The molecule has 0 radical (unpaired) electrons. The van der Waals surface area contributed by atoms with E-state index < -0.39 is 5.97 Å². The second kappa shape index (κ2) is 5.23. The summed E-state index contributed by atoms with van der Waals surface area (Å²) in [6.07, 6.45) is 0. The zero-order valence-electron chi connectivity index (χ0n) is 9.79. The van der Waals surface area contributed by atoms with Crippen LogP contribution in [0.3, 0.4) is 0 Å². The molecular weight excluding hydrogens is 232 g/mol. The number of phenolic OH excluding ortho intramolecular Hbond substituents is 1. The second-order valence-corrected chi connectivity index (χ2v) is 3.62. The van der Waals surface area contributed by atoms with Crippen molar-refractivity contribution in [2.45, 2.75) is 0 Å². The van der Waals surface area contributed by atoms with Crippen molar-refractivity contribution in [1.29, 1.82) is 0 Å². The highest BCUT2D eigenvalue weighted by Crippen LogP contribution is 2.19. The van der Waals surface area contributed by atoms with Crippen LogP contribution in [0.2, 0.25) is 0 Å². The summed E-state index contributed by atoms with van der Waals surface area (Å²) in [6.45, 7) is 0. The molecule has 0 heterocycles. The van der Waals surface area contributed by atoms with Crippen molar-refractivity contribution in [3.8, 4) is 17.2 Å². The van der Waals surface area contributed by atoms with E-state index in [2.05, 4.69) is 0 Å². The van der Waals surface area contributed by atoms with Crippen LogP contribution in [0.25, 0.3) is 0 Å². The summed E-state index contributed by atoms with van der Waals surface area (Å²) >= 11 is 0. The Kier molecular flexibility index (Phi) is 3.48. The quantitative estimate of drug-likeness (QED) is 0.666. The van der Waals surface area contributed by atoms with Gasteiger partial charge >= 0.3 is 5.97 Å². The van der Waals surface area contributed by atoms with Gasteiger partial charge in [0.25, 0.3) is 0 Å². The topological polar surface area (TPSA) is 55.8 Å². The molecule has 92 valence electrons. The van der Waals surface area contributed by atoms with E-state index >= 15 is 0 Å². The number of benzene rings is 2. The zero-order chi connectivity index (χ0) is 13.0. The number of hydrogen-bond donors (Lipinski definition) is 1. The summed E-state index contributed by atoms with van der Waals surface area (Å²) in [5.41, 5.74) is 0.297. The first-order valence-electron chi connectivity index (χ1n) is 5.34. The largest absolute Gasteiger partial charge is 0.508 e. The number of aromatic hydroxyl groups is 1. The van der Waals surface area contributed by atoms with Crippen LogP contribution in [-0.4, -0.2) is 18.2 Å². The number of rotatable bonds is 3. The van der Waals surface area contributed by atoms with Crippen molar-refractivity contribution < 1.29 is 19.4 Å². The van der Waals surface area contributed by atoms with Crippen LogP contribution < -0.4 is 9.47 Å². The first-order chi connectivity index (χ1) is 8.69. The normalized spacial score (nSPS) is 9.83. The molecule has 0 amide bonds. The van der Waals surface area contributed by atoms with Crippen LogP contribution in [0.1, 0.15) is 10.4 Å². The second-order valence-electron chi connectivity index (χ2n) is 3.62. The van der Waals surface area contributed by atoms with Gasteiger partial charge in [0, 0.05) is 0 Å². The highest BCUT2D eigenvalue weighted by molar-refractivity contribution is 5.91. The molecule has 0 saturated carbocycles. The molecule has 2 aromatic carbocycles. The Hall–Kier alpha value is -2.49. The average Bonchev–Trinajstić information content (AvgIpc) is 2.39. The lowest BCUT2D eigenvalue weighted by atomic mass is 10.2. The monoisotopic (exact) mass is 244 g/mol. The van der Waals surface area contributed by atoms with Crippen LogP contribution in [0, 0.1) is 0 Å². The van der Waals surface area contributed by atoms with Crippen LogP contribution in [0.5, 0.6) is 17.2 Å². The summed E-state index contributed by atoms with van der Waals surface area (Å²) in [7, 11) is 1.56. The third-order valence-electron chi connectivity index (χ3n) is 2.35. The molecule has 2 aromatic rings. The molecule has 0 fully saturated rings. The van der Waals surface area contributed by atoms with E-state index in [1.165, 1.54) is 12.1 Å². The minimum Gasteiger partial charge on any atom is -0.508 e. The van der Waals surface area contributed by atoms with Crippen molar-refractivity contribution >= 4 is 5.97 Å². The number of esters is 1. The fraction of sp³-hybridized carbons (Fsp3) is 0.0714. The Morgan fingerprint density at radius 2 is 1.72 bits per heavy atom. The Morgan fingerprint density at radius 1 is 1.06 bits per heavy atom. The van der Waals surface area contributed by atoms with Crippen molar-refractivity contribution in [3.05, 3.63) is 54.1 Å². The molecule has 0 aliphatic rings. The number of carbonyl (C=O) groups excluding carboxylic acids is 1.